The second-order valence-corrected chi connectivity index (χ2v) is 6.18. The third-order valence-corrected chi connectivity index (χ3v) is 4.05. The van der Waals surface area contributed by atoms with Gasteiger partial charge < -0.3 is 5.32 Å². The van der Waals surface area contributed by atoms with E-state index in [1.165, 1.54) is 0 Å². The van der Waals surface area contributed by atoms with Crippen molar-refractivity contribution in [3.8, 4) is 10.6 Å². The highest BCUT2D eigenvalue weighted by molar-refractivity contribution is 9.10. The molecule has 0 spiro atoms. The highest BCUT2D eigenvalue weighted by atomic mass is 79.9. The molecule has 0 aliphatic carbocycles. The predicted molar refractivity (Wildman–Crippen MR) is 80.3 cm³/mol. The van der Waals surface area contributed by atoms with Crippen LogP contribution in [0.5, 0.6) is 0 Å². The summed E-state index contributed by atoms with van der Waals surface area (Å²) in [7, 11) is 0. The molecule has 3 nitrogen and oxygen atoms in total. The van der Waals surface area contributed by atoms with E-state index in [1.807, 2.05) is 18.2 Å². The van der Waals surface area contributed by atoms with Gasteiger partial charge in [0.2, 0.25) is 0 Å². The minimum absolute atomic E-state index is 0.698. The predicted octanol–water partition coefficient (Wildman–Crippen LogP) is 3.77. The van der Waals surface area contributed by atoms with Gasteiger partial charge in [-0.2, -0.15) is 0 Å². The van der Waals surface area contributed by atoms with Crippen molar-refractivity contribution in [2.24, 2.45) is 0 Å². The summed E-state index contributed by atoms with van der Waals surface area (Å²) in [6, 6.07) is 5.76. The summed E-state index contributed by atoms with van der Waals surface area (Å²) >= 11 is 11.1. The summed E-state index contributed by atoms with van der Waals surface area (Å²) in [6.45, 7) is 4.01. The summed E-state index contributed by atoms with van der Waals surface area (Å²) in [5, 5.41) is 14.3. The number of likely N-dealkylation sites (N-methyl/N-ethyl adjacent to an activating group) is 1. The van der Waals surface area contributed by atoms with Crippen LogP contribution in [0.25, 0.3) is 10.6 Å². The zero-order valence-corrected chi connectivity index (χ0v) is 13.1. The highest BCUT2D eigenvalue weighted by Gasteiger charge is 2.08. The highest BCUT2D eigenvalue weighted by Crippen LogP contribution is 2.29. The average molecular weight is 347 g/mol. The second kappa shape index (κ2) is 6.61. The summed E-state index contributed by atoms with van der Waals surface area (Å²) in [4.78, 5) is 0. The molecule has 2 aromatic rings. The van der Waals surface area contributed by atoms with Gasteiger partial charge in [-0.15, -0.1) is 10.2 Å². The van der Waals surface area contributed by atoms with Gasteiger partial charge in [-0.1, -0.05) is 45.8 Å². The normalized spacial score (nSPS) is 10.8. The first-order chi connectivity index (χ1) is 8.69. The summed E-state index contributed by atoms with van der Waals surface area (Å²) in [5.41, 5.74) is 1.00. The SMILES string of the molecule is CCNCCc1nnc(-c2cc(Cl)cc(Br)c2)s1. The molecule has 0 saturated carbocycles. The van der Waals surface area contributed by atoms with Crippen molar-refractivity contribution in [2.75, 3.05) is 13.1 Å². The molecule has 1 aromatic carbocycles. The fraction of sp³-hybridized carbons (Fsp3) is 0.333. The fourth-order valence-electron chi connectivity index (χ4n) is 1.52. The molecule has 96 valence electrons. The van der Waals surface area contributed by atoms with Gasteiger partial charge in [0.05, 0.1) is 0 Å². The second-order valence-electron chi connectivity index (χ2n) is 3.76. The van der Waals surface area contributed by atoms with Crippen molar-refractivity contribution in [2.45, 2.75) is 13.3 Å². The van der Waals surface area contributed by atoms with Gasteiger partial charge in [-0.3, -0.25) is 0 Å². The summed E-state index contributed by atoms with van der Waals surface area (Å²) < 4.78 is 0.953. The quantitative estimate of drug-likeness (QED) is 0.837. The van der Waals surface area contributed by atoms with E-state index >= 15 is 0 Å². The number of aromatic nitrogens is 2. The minimum atomic E-state index is 0.698. The van der Waals surface area contributed by atoms with Crippen LogP contribution >= 0.6 is 38.9 Å². The van der Waals surface area contributed by atoms with Gasteiger partial charge in [0.1, 0.15) is 10.0 Å². The van der Waals surface area contributed by atoms with Crippen molar-refractivity contribution in [3.63, 3.8) is 0 Å². The van der Waals surface area contributed by atoms with Gasteiger partial charge >= 0.3 is 0 Å². The van der Waals surface area contributed by atoms with E-state index in [9.17, 15) is 0 Å². The number of nitrogens with one attached hydrogen (secondary N) is 1. The molecule has 1 heterocycles. The van der Waals surface area contributed by atoms with Crippen LogP contribution in [-0.2, 0) is 6.42 Å². The van der Waals surface area contributed by atoms with Crippen LogP contribution in [-0.4, -0.2) is 23.3 Å². The zero-order chi connectivity index (χ0) is 13.0. The first kappa shape index (κ1) is 13.9. The number of nitrogens with zero attached hydrogens (tertiary/aromatic N) is 2. The lowest BCUT2D eigenvalue weighted by molar-refractivity contribution is 0.710. The molecule has 1 N–H and O–H groups in total. The van der Waals surface area contributed by atoms with Gasteiger partial charge in [-0.05, 0) is 24.7 Å². The number of hydrogen-bond donors (Lipinski definition) is 1. The van der Waals surface area contributed by atoms with Gasteiger partial charge in [-0.25, -0.2) is 0 Å². The van der Waals surface area contributed by atoms with Gasteiger partial charge in [0.15, 0.2) is 0 Å². The largest absolute Gasteiger partial charge is 0.317 e. The van der Waals surface area contributed by atoms with E-state index in [-0.39, 0.29) is 0 Å². The number of halogens is 2. The number of rotatable bonds is 5. The maximum atomic E-state index is 6.03. The van der Waals surface area contributed by atoms with Crippen molar-refractivity contribution >= 4 is 38.9 Å². The smallest absolute Gasteiger partial charge is 0.147 e. The Hall–Kier alpha value is -0.490. The van der Waals surface area contributed by atoms with Crippen LogP contribution in [0.4, 0.5) is 0 Å². The van der Waals surface area contributed by atoms with E-state index in [0.29, 0.717) is 5.02 Å². The van der Waals surface area contributed by atoms with Crippen molar-refractivity contribution in [1.29, 1.82) is 0 Å². The van der Waals surface area contributed by atoms with E-state index in [2.05, 4.69) is 38.4 Å². The molecule has 0 radical (unpaired) electrons. The van der Waals surface area contributed by atoms with Gasteiger partial charge in [0, 0.05) is 28.0 Å². The van der Waals surface area contributed by atoms with Crippen molar-refractivity contribution in [3.05, 3.63) is 32.7 Å². The van der Waals surface area contributed by atoms with E-state index in [0.717, 1.165) is 39.6 Å². The molecule has 18 heavy (non-hydrogen) atoms. The van der Waals surface area contributed by atoms with E-state index in [1.54, 1.807) is 11.3 Å². The Labute approximate surface area is 124 Å². The molecular formula is C12H13BrClN3S. The Bertz CT molecular complexity index is 510. The molecule has 0 saturated heterocycles. The third kappa shape index (κ3) is 3.75. The summed E-state index contributed by atoms with van der Waals surface area (Å²) in [6.07, 6.45) is 0.910. The molecule has 0 unspecified atom stereocenters. The van der Waals surface area contributed by atoms with E-state index < -0.39 is 0 Å². The maximum Gasteiger partial charge on any atom is 0.147 e. The number of benzene rings is 1. The monoisotopic (exact) mass is 345 g/mol. The lowest BCUT2D eigenvalue weighted by Gasteiger charge is -1.98. The average Bonchev–Trinajstić information content (AvgIpc) is 2.77. The van der Waals surface area contributed by atoms with E-state index in [4.69, 9.17) is 11.6 Å². The molecule has 0 amide bonds. The standard InChI is InChI=1S/C12H13BrClN3S/c1-2-15-4-3-11-16-17-12(18-11)8-5-9(13)7-10(14)6-8/h5-7,15H,2-4H2,1H3. The van der Waals surface area contributed by atoms with Crippen LogP contribution in [0, 0.1) is 0 Å². The van der Waals surface area contributed by atoms with Crippen LogP contribution in [0.15, 0.2) is 22.7 Å². The number of hydrogen-bond acceptors (Lipinski definition) is 4. The molecule has 0 aliphatic rings. The minimum Gasteiger partial charge on any atom is -0.317 e. The lowest BCUT2D eigenvalue weighted by atomic mass is 10.2. The summed E-state index contributed by atoms with van der Waals surface area (Å²) in [5.74, 6) is 0. The van der Waals surface area contributed by atoms with Crippen LogP contribution in [0.3, 0.4) is 0 Å². The first-order valence-electron chi connectivity index (χ1n) is 5.68. The van der Waals surface area contributed by atoms with Crippen LogP contribution < -0.4 is 5.32 Å². The first-order valence-corrected chi connectivity index (χ1v) is 7.67. The Balaban J connectivity index is 2.13. The Morgan fingerprint density at radius 3 is 2.89 bits per heavy atom. The maximum absolute atomic E-state index is 6.03. The third-order valence-electron chi connectivity index (χ3n) is 2.34. The fourth-order valence-corrected chi connectivity index (χ4v) is 3.21. The van der Waals surface area contributed by atoms with Gasteiger partial charge in [0.25, 0.3) is 0 Å². The molecule has 0 atom stereocenters. The molecule has 1 aromatic heterocycles. The Morgan fingerprint density at radius 2 is 2.17 bits per heavy atom. The molecule has 0 bridgehead atoms. The molecule has 0 fully saturated rings. The molecule has 0 aliphatic heterocycles. The van der Waals surface area contributed by atoms with Crippen LogP contribution in [0.2, 0.25) is 5.02 Å². The topological polar surface area (TPSA) is 37.8 Å². The zero-order valence-electron chi connectivity index (χ0n) is 9.91. The van der Waals surface area contributed by atoms with Crippen LogP contribution in [0.1, 0.15) is 11.9 Å². The Morgan fingerprint density at radius 1 is 1.33 bits per heavy atom. The van der Waals surface area contributed by atoms with Crippen molar-refractivity contribution < 1.29 is 0 Å². The molecule has 2 rings (SSSR count). The molecular weight excluding hydrogens is 334 g/mol. The Kier molecular flexibility index (Phi) is 5.12. The molecule has 6 heteroatoms. The lowest BCUT2D eigenvalue weighted by Crippen LogP contribution is -2.15. The van der Waals surface area contributed by atoms with Crippen molar-refractivity contribution in [1.82, 2.24) is 15.5 Å².